The number of imidazole rings is 1. The maximum Gasteiger partial charge on any atom is 0.194 e. The predicted molar refractivity (Wildman–Crippen MR) is 92.0 cm³/mol. The Balaban J connectivity index is 1.60. The van der Waals surface area contributed by atoms with E-state index in [0.29, 0.717) is 0 Å². The summed E-state index contributed by atoms with van der Waals surface area (Å²) in [5, 5.41) is 32.2. The standard InChI is InChI=1S/C17H16F3N5O4/c18-8-1-7(2-9(19)11(8)20)3-21-15-12-16(23-5-22-15)25(6-24-12)17-14(28)13(27)10(4-26)29-17/h1-2,5-6,10,13-14,17,26-28H,3-4H2,(H,21,22,23)/t10-,13-,14-,17-/m1/s1. The molecule has 0 unspecified atom stereocenters. The Kier molecular flexibility index (Phi) is 5.08. The van der Waals surface area contributed by atoms with E-state index in [1.807, 2.05) is 0 Å². The van der Waals surface area contributed by atoms with Crippen LogP contribution in [-0.4, -0.2) is 59.8 Å². The third-order valence-electron chi connectivity index (χ3n) is 4.65. The van der Waals surface area contributed by atoms with Crippen molar-refractivity contribution < 1.29 is 33.2 Å². The topological polar surface area (TPSA) is 126 Å². The van der Waals surface area contributed by atoms with Gasteiger partial charge in [0.05, 0.1) is 12.9 Å². The molecule has 12 heteroatoms. The average Bonchev–Trinajstić information content (AvgIpc) is 3.26. The Bertz CT molecular complexity index is 1030. The fourth-order valence-corrected chi connectivity index (χ4v) is 3.17. The van der Waals surface area contributed by atoms with Crippen LogP contribution in [0.15, 0.2) is 24.8 Å². The molecule has 0 amide bonds. The molecular formula is C17H16F3N5O4. The fraction of sp³-hybridized carbons (Fsp3) is 0.353. The van der Waals surface area contributed by atoms with Crippen LogP contribution in [0.4, 0.5) is 19.0 Å². The lowest BCUT2D eigenvalue weighted by atomic mass is 10.1. The van der Waals surface area contributed by atoms with E-state index < -0.39 is 48.6 Å². The van der Waals surface area contributed by atoms with Crippen molar-refractivity contribution in [1.29, 1.82) is 0 Å². The van der Waals surface area contributed by atoms with E-state index in [4.69, 9.17) is 4.74 Å². The monoisotopic (exact) mass is 411 g/mol. The average molecular weight is 411 g/mol. The second kappa shape index (κ2) is 7.55. The first-order valence-electron chi connectivity index (χ1n) is 8.58. The molecule has 2 aromatic heterocycles. The summed E-state index contributed by atoms with van der Waals surface area (Å²) in [6.45, 7) is -0.547. The minimum atomic E-state index is -1.55. The van der Waals surface area contributed by atoms with Crippen LogP contribution in [0.5, 0.6) is 0 Å². The quantitative estimate of drug-likeness (QED) is 0.447. The Morgan fingerprint density at radius 1 is 1.07 bits per heavy atom. The van der Waals surface area contributed by atoms with Gasteiger partial charge in [0, 0.05) is 6.54 Å². The lowest BCUT2D eigenvalue weighted by Gasteiger charge is -2.16. The third kappa shape index (κ3) is 3.40. The molecule has 0 saturated carbocycles. The maximum absolute atomic E-state index is 13.4. The molecule has 0 spiro atoms. The number of aliphatic hydroxyl groups is 3. The summed E-state index contributed by atoms with van der Waals surface area (Å²) in [5.41, 5.74) is 0.679. The number of aromatic nitrogens is 4. The molecule has 3 heterocycles. The number of hydrogen-bond donors (Lipinski definition) is 4. The Morgan fingerprint density at radius 3 is 2.45 bits per heavy atom. The van der Waals surface area contributed by atoms with Crippen LogP contribution in [0.2, 0.25) is 0 Å². The molecule has 0 bridgehead atoms. The minimum absolute atomic E-state index is 0.0685. The number of ether oxygens (including phenoxy) is 1. The summed E-state index contributed by atoms with van der Waals surface area (Å²) < 4.78 is 46.6. The number of fused-ring (bicyclic) bond motifs is 1. The van der Waals surface area contributed by atoms with Crippen LogP contribution >= 0.6 is 0 Å². The summed E-state index contributed by atoms with van der Waals surface area (Å²) in [6, 6.07) is 1.73. The molecule has 4 atom stereocenters. The molecule has 9 nitrogen and oxygen atoms in total. The van der Waals surface area contributed by atoms with Gasteiger partial charge in [0.25, 0.3) is 0 Å². The van der Waals surface area contributed by atoms with Gasteiger partial charge >= 0.3 is 0 Å². The largest absolute Gasteiger partial charge is 0.394 e. The minimum Gasteiger partial charge on any atom is -0.394 e. The number of nitrogens with zero attached hydrogens (tertiary/aromatic N) is 4. The third-order valence-corrected chi connectivity index (χ3v) is 4.65. The molecule has 0 aliphatic carbocycles. The van der Waals surface area contributed by atoms with E-state index in [-0.39, 0.29) is 29.1 Å². The van der Waals surface area contributed by atoms with Gasteiger partial charge in [-0.2, -0.15) is 0 Å². The summed E-state index contributed by atoms with van der Waals surface area (Å²) in [4.78, 5) is 12.3. The van der Waals surface area contributed by atoms with E-state index in [1.54, 1.807) is 0 Å². The highest BCUT2D eigenvalue weighted by Crippen LogP contribution is 2.32. The van der Waals surface area contributed by atoms with Gasteiger partial charge < -0.3 is 25.4 Å². The number of halogens is 3. The maximum atomic E-state index is 13.4. The fourth-order valence-electron chi connectivity index (χ4n) is 3.17. The van der Waals surface area contributed by atoms with E-state index in [1.165, 1.54) is 17.2 Å². The predicted octanol–water partition coefficient (Wildman–Crippen LogP) is 0.467. The second-order valence-electron chi connectivity index (χ2n) is 6.50. The normalized spacial score (nSPS) is 24.3. The van der Waals surface area contributed by atoms with Crippen molar-refractivity contribution in [2.45, 2.75) is 31.1 Å². The van der Waals surface area contributed by atoms with Crippen LogP contribution in [0.25, 0.3) is 11.2 Å². The second-order valence-corrected chi connectivity index (χ2v) is 6.50. The van der Waals surface area contributed by atoms with Crippen molar-refractivity contribution in [1.82, 2.24) is 19.5 Å². The summed E-state index contributed by atoms with van der Waals surface area (Å²) in [7, 11) is 0. The summed E-state index contributed by atoms with van der Waals surface area (Å²) >= 11 is 0. The van der Waals surface area contributed by atoms with Gasteiger partial charge in [-0.15, -0.1) is 0 Å². The molecule has 154 valence electrons. The first-order valence-corrected chi connectivity index (χ1v) is 8.58. The van der Waals surface area contributed by atoms with Gasteiger partial charge in [0.2, 0.25) is 0 Å². The zero-order valence-electron chi connectivity index (χ0n) is 14.7. The van der Waals surface area contributed by atoms with Crippen LogP contribution in [0, 0.1) is 17.5 Å². The van der Waals surface area contributed by atoms with E-state index >= 15 is 0 Å². The molecule has 4 rings (SSSR count). The molecular weight excluding hydrogens is 395 g/mol. The smallest absolute Gasteiger partial charge is 0.194 e. The summed E-state index contributed by atoms with van der Waals surface area (Å²) in [5.74, 6) is -3.92. The van der Waals surface area contributed by atoms with Crippen molar-refractivity contribution in [3.63, 3.8) is 0 Å². The van der Waals surface area contributed by atoms with Crippen LogP contribution < -0.4 is 5.32 Å². The SMILES string of the molecule is OC[C@H]1O[C@@H](n2cnc3c(NCc4cc(F)c(F)c(F)c4)ncnc32)[C@H](O)[C@@H]1O. The molecule has 0 radical (unpaired) electrons. The van der Waals surface area contributed by atoms with Crippen LogP contribution in [-0.2, 0) is 11.3 Å². The first kappa shape index (κ1) is 19.5. The molecule has 1 aliphatic rings. The molecule has 1 saturated heterocycles. The summed E-state index contributed by atoms with van der Waals surface area (Å²) in [6.07, 6.45) is -2.07. The van der Waals surface area contributed by atoms with Crippen molar-refractivity contribution in [2.24, 2.45) is 0 Å². The van der Waals surface area contributed by atoms with E-state index in [0.717, 1.165) is 12.1 Å². The first-order chi connectivity index (χ1) is 13.9. The van der Waals surface area contributed by atoms with Crippen molar-refractivity contribution in [3.8, 4) is 0 Å². The van der Waals surface area contributed by atoms with E-state index in [9.17, 15) is 28.5 Å². The number of nitrogens with one attached hydrogen (secondary N) is 1. The molecule has 1 aliphatic heterocycles. The van der Waals surface area contributed by atoms with Gasteiger partial charge in [0.15, 0.2) is 40.7 Å². The highest BCUT2D eigenvalue weighted by Gasteiger charge is 2.44. The highest BCUT2D eigenvalue weighted by molar-refractivity contribution is 5.82. The van der Waals surface area contributed by atoms with Crippen molar-refractivity contribution in [3.05, 3.63) is 47.8 Å². The Morgan fingerprint density at radius 2 is 1.79 bits per heavy atom. The van der Waals surface area contributed by atoms with Crippen LogP contribution in [0.3, 0.4) is 0 Å². The van der Waals surface area contributed by atoms with Gasteiger partial charge in [-0.25, -0.2) is 28.1 Å². The highest BCUT2D eigenvalue weighted by atomic mass is 19.2. The molecule has 1 aromatic carbocycles. The number of rotatable bonds is 5. The number of benzene rings is 1. The van der Waals surface area contributed by atoms with Gasteiger partial charge in [-0.3, -0.25) is 4.57 Å². The van der Waals surface area contributed by atoms with Crippen LogP contribution in [0.1, 0.15) is 11.8 Å². The zero-order valence-corrected chi connectivity index (χ0v) is 14.7. The molecule has 29 heavy (non-hydrogen) atoms. The van der Waals surface area contributed by atoms with Gasteiger partial charge in [0.1, 0.15) is 24.6 Å². The van der Waals surface area contributed by atoms with Crippen molar-refractivity contribution >= 4 is 17.0 Å². The van der Waals surface area contributed by atoms with E-state index in [2.05, 4.69) is 20.3 Å². The van der Waals surface area contributed by atoms with Gasteiger partial charge in [-0.05, 0) is 17.7 Å². The Labute approximate surface area is 161 Å². The number of anilines is 1. The lowest BCUT2D eigenvalue weighted by molar-refractivity contribution is -0.0511. The molecule has 4 N–H and O–H groups in total. The van der Waals surface area contributed by atoms with Gasteiger partial charge in [-0.1, -0.05) is 0 Å². The van der Waals surface area contributed by atoms with Crippen molar-refractivity contribution in [2.75, 3.05) is 11.9 Å². The Hall–Kier alpha value is -2.80. The zero-order chi connectivity index (χ0) is 20.7. The lowest BCUT2D eigenvalue weighted by Crippen LogP contribution is -2.33. The molecule has 3 aromatic rings. The number of hydrogen-bond acceptors (Lipinski definition) is 8. The number of aliphatic hydroxyl groups excluding tert-OH is 3. The molecule has 1 fully saturated rings.